The Morgan fingerprint density at radius 2 is 2.00 bits per heavy atom. The van der Waals surface area contributed by atoms with Crippen molar-refractivity contribution in [3.05, 3.63) is 6.92 Å². The maximum absolute atomic E-state index is 4.14. The van der Waals surface area contributed by atoms with Crippen LogP contribution in [0.5, 0.6) is 0 Å². The Bertz CT molecular complexity index is 70.1. The molecule has 53 valence electrons. The first kappa shape index (κ1) is 7.11. The number of hydrogen-bond acceptors (Lipinski definition) is 0. The smallest absolute Gasteiger partial charge is 0.0386 e. The van der Waals surface area contributed by atoms with E-state index in [1.807, 2.05) is 0 Å². The van der Waals surface area contributed by atoms with E-state index in [9.17, 15) is 0 Å². The Hall–Kier alpha value is 0. The molecule has 1 aliphatic rings. The molecule has 0 aliphatic heterocycles. The van der Waals surface area contributed by atoms with Gasteiger partial charge in [0.25, 0.3) is 0 Å². The zero-order valence-electron chi connectivity index (χ0n) is 6.40. The van der Waals surface area contributed by atoms with Gasteiger partial charge in [0.1, 0.15) is 0 Å². The summed E-state index contributed by atoms with van der Waals surface area (Å²) in [6, 6.07) is 0. The molecule has 1 aliphatic carbocycles. The molecule has 1 saturated carbocycles. The fourth-order valence-electron chi connectivity index (χ4n) is 1.76. The lowest BCUT2D eigenvalue weighted by molar-refractivity contribution is 0.392. The molecule has 0 heteroatoms. The Kier molecular flexibility index (Phi) is 2.56. The van der Waals surface area contributed by atoms with Gasteiger partial charge in [-0.15, -0.1) is 0 Å². The predicted molar refractivity (Wildman–Crippen MR) is 41.1 cm³/mol. The topological polar surface area (TPSA) is 0 Å². The molecule has 0 nitrogen and oxygen atoms in total. The van der Waals surface area contributed by atoms with Gasteiger partial charge in [0.15, 0.2) is 0 Å². The predicted octanol–water partition coefficient (Wildman–Crippen LogP) is 3.04. The molecule has 1 rings (SSSR count). The Labute approximate surface area is 58.7 Å². The van der Waals surface area contributed by atoms with Crippen LogP contribution >= 0.6 is 0 Å². The summed E-state index contributed by atoms with van der Waals surface area (Å²) < 4.78 is 0. The summed E-state index contributed by atoms with van der Waals surface area (Å²) in [5.41, 5.74) is 0. The lowest BCUT2D eigenvalue weighted by atomic mass is 9.91. The van der Waals surface area contributed by atoms with Crippen LogP contribution in [0.2, 0.25) is 0 Å². The van der Waals surface area contributed by atoms with Crippen molar-refractivity contribution < 1.29 is 0 Å². The Morgan fingerprint density at radius 3 is 2.44 bits per heavy atom. The van der Waals surface area contributed by atoms with Gasteiger partial charge in [0.2, 0.25) is 0 Å². The summed E-state index contributed by atoms with van der Waals surface area (Å²) in [5.74, 6) is 1.71. The fraction of sp³-hybridized carbons (Fsp3) is 0.889. The van der Waals surface area contributed by atoms with Gasteiger partial charge in [-0.2, -0.15) is 0 Å². The minimum absolute atomic E-state index is 0.743. The SMILES string of the molecule is [CH2]C(CC)C1CCCC1. The number of rotatable bonds is 2. The molecule has 0 aromatic rings. The highest BCUT2D eigenvalue weighted by molar-refractivity contribution is 4.75. The van der Waals surface area contributed by atoms with Crippen LogP contribution in [0.15, 0.2) is 0 Å². The highest BCUT2D eigenvalue weighted by atomic mass is 14.2. The highest BCUT2D eigenvalue weighted by Crippen LogP contribution is 2.32. The Morgan fingerprint density at radius 1 is 1.44 bits per heavy atom. The van der Waals surface area contributed by atoms with Gasteiger partial charge in [-0.3, -0.25) is 0 Å². The van der Waals surface area contributed by atoms with Crippen molar-refractivity contribution >= 4 is 0 Å². The molecule has 1 radical (unpaired) electrons. The second-order valence-corrected chi connectivity index (χ2v) is 3.21. The van der Waals surface area contributed by atoms with Crippen LogP contribution in [0.25, 0.3) is 0 Å². The first-order valence-corrected chi connectivity index (χ1v) is 4.17. The number of hydrogen-bond donors (Lipinski definition) is 0. The lowest BCUT2D eigenvalue weighted by Gasteiger charge is -2.15. The first-order valence-electron chi connectivity index (χ1n) is 4.17. The molecule has 9 heavy (non-hydrogen) atoms. The zero-order valence-corrected chi connectivity index (χ0v) is 6.40. The maximum atomic E-state index is 4.14. The second kappa shape index (κ2) is 3.24. The largest absolute Gasteiger partial charge is 0.0651 e. The minimum atomic E-state index is 0.743. The summed E-state index contributed by atoms with van der Waals surface area (Å²) in [6.45, 7) is 6.38. The van der Waals surface area contributed by atoms with Gasteiger partial charge in [0, 0.05) is 0 Å². The second-order valence-electron chi connectivity index (χ2n) is 3.21. The molecule has 0 saturated heterocycles. The van der Waals surface area contributed by atoms with E-state index >= 15 is 0 Å². The summed E-state index contributed by atoms with van der Waals surface area (Å²) in [7, 11) is 0. The molecule has 0 aromatic heterocycles. The molecule has 0 amide bonds. The summed E-state index contributed by atoms with van der Waals surface area (Å²) >= 11 is 0. The third-order valence-corrected chi connectivity index (χ3v) is 2.59. The van der Waals surface area contributed by atoms with Crippen LogP contribution in [-0.2, 0) is 0 Å². The van der Waals surface area contributed by atoms with Gasteiger partial charge in [0.05, 0.1) is 0 Å². The van der Waals surface area contributed by atoms with Gasteiger partial charge in [-0.05, 0) is 18.8 Å². The molecule has 1 atom stereocenters. The van der Waals surface area contributed by atoms with Crippen LogP contribution < -0.4 is 0 Å². The fourth-order valence-corrected chi connectivity index (χ4v) is 1.76. The minimum Gasteiger partial charge on any atom is -0.0651 e. The van der Waals surface area contributed by atoms with Gasteiger partial charge < -0.3 is 0 Å². The summed E-state index contributed by atoms with van der Waals surface area (Å²) in [5, 5.41) is 0. The van der Waals surface area contributed by atoms with Gasteiger partial charge in [-0.1, -0.05) is 39.0 Å². The molecular formula is C9H17. The van der Waals surface area contributed by atoms with Crippen molar-refractivity contribution in [2.75, 3.05) is 0 Å². The van der Waals surface area contributed by atoms with E-state index in [1.165, 1.54) is 32.1 Å². The van der Waals surface area contributed by atoms with Crippen molar-refractivity contribution in [3.8, 4) is 0 Å². The quantitative estimate of drug-likeness (QED) is 0.532. The molecular weight excluding hydrogens is 108 g/mol. The first-order chi connectivity index (χ1) is 4.34. The average molecular weight is 125 g/mol. The lowest BCUT2D eigenvalue weighted by Crippen LogP contribution is -2.05. The van der Waals surface area contributed by atoms with Gasteiger partial charge >= 0.3 is 0 Å². The van der Waals surface area contributed by atoms with Crippen molar-refractivity contribution in [2.24, 2.45) is 11.8 Å². The van der Waals surface area contributed by atoms with Crippen LogP contribution in [0.1, 0.15) is 39.0 Å². The standard InChI is InChI=1S/C9H17/c1-3-8(2)9-6-4-5-7-9/h8-9H,2-7H2,1H3. The van der Waals surface area contributed by atoms with Crippen LogP contribution in [0.4, 0.5) is 0 Å². The monoisotopic (exact) mass is 125 g/mol. The van der Waals surface area contributed by atoms with Crippen molar-refractivity contribution in [3.63, 3.8) is 0 Å². The van der Waals surface area contributed by atoms with Crippen molar-refractivity contribution in [1.29, 1.82) is 0 Å². The van der Waals surface area contributed by atoms with Gasteiger partial charge in [-0.25, -0.2) is 0 Å². The van der Waals surface area contributed by atoms with Crippen molar-refractivity contribution in [2.45, 2.75) is 39.0 Å². The van der Waals surface area contributed by atoms with Crippen LogP contribution in [0, 0.1) is 18.8 Å². The average Bonchev–Trinajstić information content (AvgIpc) is 2.37. The van der Waals surface area contributed by atoms with E-state index in [2.05, 4.69) is 13.8 Å². The third kappa shape index (κ3) is 1.70. The molecule has 1 fully saturated rings. The molecule has 0 N–H and O–H groups in total. The molecule has 0 aromatic carbocycles. The molecule has 0 heterocycles. The maximum Gasteiger partial charge on any atom is -0.0386 e. The normalized spacial score (nSPS) is 24.7. The van der Waals surface area contributed by atoms with E-state index in [0.29, 0.717) is 0 Å². The van der Waals surface area contributed by atoms with E-state index in [-0.39, 0.29) is 0 Å². The third-order valence-electron chi connectivity index (χ3n) is 2.59. The Balaban J connectivity index is 2.24. The molecule has 1 unspecified atom stereocenters. The van der Waals surface area contributed by atoms with Crippen molar-refractivity contribution in [1.82, 2.24) is 0 Å². The van der Waals surface area contributed by atoms with E-state index < -0.39 is 0 Å². The zero-order chi connectivity index (χ0) is 6.69. The molecule has 0 bridgehead atoms. The van der Waals surface area contributed by atoms with E-state index in [0.717, 1.165) is 11.8 Å². The van der Waals surface area contributed by atoms with Crippen LogP contribution in [-0.4, -0.2) is 0 Å². The van der Waals surface area contributed by atoms with E-state index in [1.54, 1.807) is 0 Å². The van der Waals surface area contributed by atoms with E-state index in [4.69, 9.17) is 0 Å². The molecule has 0 spiro atoms. The highest BCUT2D eigenvalue weighted by Gasteiger charge is 2.19. The summed E-state index contributed by atoms with van der Waals surface area (Å²) in [6.07, 6.45) is 7.07. The van der Waals surface area contributed by atoms with Crippen LogP contribution in [0.3, 0.4) is 0 Å². The summed E-state index contributed by atoms with van der Waals surface area (Å²) in [4.78, 5) is 0.